The van der Waals surface area contributed by atoms with Crippen LogP contribution in [0.2, 0.25) is 30.2 Å². The first-order chi connectivity index (χ1) is 11.7. The molecule has 0 unspecified atom stereocenters. The molecule has 132 valence electrons. The summed E-state index contributed by atoms with van der Waals surface area (Å²) in [7, 11) is -2.66. The number of benzene rings is 1. The monoisotopic (exact) mass is 362 g/mol. The van der Waals surface area contributed by atoms with Crippen molar-refractivity contribution in [3.8, 4) is 0 Å². The maximum atomic E-state index is 12.6. The molecule has 2 fully saturated rings. The Balaban J connectivity index is 1.65. The number of unbranched alkanes of at least 4 members (excludes halogenated alkanes) is 1. The average Bonchev–Trinajstić information content (AvgIpc) is 2.64. The first-order valence-electron chi connectivity index (χ1n) is 9.87. The van der Waals surface area contributed by atoms with E-state index in [1.165, 1.54) is 43.8 Å². The minimum Gasteiger partial charge on any atom is -0.388 e. The zero-order chi connectivity index (χ0) is 16.8. The van der Waals surface area contributed by atoms with Crippen molar-refractivity contribution >= 4 is 21.9 Å². The van der Waals surface area contributed by atoms with Crippen molar-refractivity contribution in [2.24, 2.45) is 11.8 Å². The van der Waals surface area contributed by atoms with Crippen LogP contribution in [0.1, 0.15) is 38.5 Å². The van der Waals surface area contributed by atoms with E-state index in [4.69, 9.17) is 0 Å². The summed E-state index contributed by atoms with van der Waals surface area (Å²) in [6, 6.07) is 17.2. The Morgan fingerprint density at radius 3 is 2.21 bits per heavy atom. The third-order valence-electron chi connectivity index (χ3n) is 6.67. The summed E-state index contributed by atoms with van der Waals surface area (Å²) in [4.78, 5) is 0. The van der Waals surface area contributed by atoms with Crippen LogP contribution in [0, 0.1) is 11.8 Å². The van der Waals surface area contributed by atoms with E-state index in [9.17, 15) is 8.85 Å². The largest absolute Gasteiger partial charge is 0.388 e. The molecule has 1 aromatic rings. The first kappa shape index (κ1) is 18.2. The zero-order valence-electron chi connectivity index (χ0n) is 14.8. The fourth-order valence-electron chi connectivity index (χ4n) is 5.13. The maximum Gasteiger partial charge on any atom is 0.276 e. The number of halogens is 1. The molecule has 1 nitrogen and oxygen atoms in total. The molecule has 0 radical (unpaired) electrons. The third-order valence-corrected chi connectivity index (χ3v) is 13.7. The lowest BCUT2D eigenvalue weighted by atomic mass is 9.83. The van der Waals surface area contributed by atoms with E-state index in [-0.39, 0.29) is 6.67 Å². The summed E-state index contributed by atoms with van der Waals surface area (Å²) in [5.41, 5.74) is 0. The predicted octanol–water partition coefficient (Wildman–Crippen LogP) is 5.33. The van der Waals surface area contributed by atoms with Crippen LogP contribution in [-0.2, 0) is 4.46 Å². The van der Waals surface area contributed by atoms with Gasteiger partial charge in [-0.3, -0.25) is 4.39 Å². The summed E-state index contributed by atoms with van der Waals surface area (Å²) in [6.07, 6.45) is 6.95. The maximum absolute atomic E-state index is 12.6. The van der Waals surface area contributed by atoms with Crippen LogP contribution in [-0.4, -0.2) is 23.4 Å². The van der Waals surface area contributed by atoms with E-state index in [1.54, 1.807) is 5.19 Å². The standard InChI is InChI=1S/C20H31FOSi2/c21-12-4-5-15-24(20-6-2-1-3-7-20)16-10-19(11-17-24)18-8-13-23(22)14-9-18/h1-3,6-7,18-19H,4-5,8-17H2. The van der Waals surface area contributed by atoms with Crippen molar-refractivity contribution in [3.63, 3.8) is 0 Å². The summed E-state index contributed by atoms with van der Waals surface area (Å²) >= 11 is 0. The van der Waals surface area contributed by atoms with Crippen molar-refractivity contribution in [3.05, 3.63) is 30.3 Å². The van der Waals surface area contributed by atoms with Gasteiger partial charge in [-0.05, 0) is 43.2 Å². The Labute approximate surface area is 148 Å². The summed E-state index contributed by atoms with van der Waals surface area (Å²) in [5.74, 6) is 1.70. The van der Waals surface area contributed by atoms with Crippen LogP contribution in [0.25, 0.3) is 0 Å². The van der Waals surface area contributed by atoms with Crippen molar-refractivity contribution in [2.75, 3.05) is 6.67 Å². The second-order valence-electron chi connectivity index (χ2n) is 8.01. The summed E-state index contributed by atoms with van der Waals surface area (Å²) < 4.78 is 24.3. The molecule has 0 aromatic heterocycles. The Bertz CT molecular complexity index is 516. The molecule has 0 amide bonds. The van der Waals surface area contributed by atoms with Crippen LogP contribution >= 0.6 is 0 Å². The van der Waals surface area contributed by atoms with Crippen LogP contribution in [0.4, 0.5) is 4.39 Å². The molecule has 0 spiro atoms. The van der Waals surface area contributed by atoms with Gasteiger partial charge in [0.1, 0.15) is 0 Å². The van der Waals surface area contributed by atoms with E-state index >= 15 is 0 Å². The summed E-state index contributed by atoms with van der Waals surface area (Å²) in [5, 5.41) is 1.61. The highest BCUT2D eigenvalue weighted by Gasteiger charge is 2.40. The van der Waals surface area contributed by atoms with Gasteiger partial charge in [-0.15, -0.1) is 0 Å². The quantitative estimate of drug-likeness (QED) is 0.493. The van der Waals surface area contributed by atoms with Crippen LogP contribution in [0.3, 0.4) is 0 Å². The molecule has 1 aromatic carbocycles. The lowest BCUT2D eigenvalue weighted by molar-refractivity contribution is 0.274. The molecule has 2 aliphatic rings. The average molecular weight is 363 g/mol. The summed E-state index contributed by atoms with van der Waals surface area (Å²) in [6.45, 7) is -0.164. The van der Waals surface area contributed by atoms with E-state index in [2.05, 4.69) is 30.3 Å². The lowest BCUT2D eigenvalue weighted by Gasteiger charge is -2.42. The Morgan fingerprint density at radius 1 is 0.958 bits per heavy atom. The van der Waals surface area contributed by atoms with E-state index in [1.807, 2.05) is 0 Å². The number of alkyl halides is 1. The van der Waals surface area contributed by atoms with Crippen molar-refractivity contribution in [2.45, 2.75) is 68.7 Å². The second kappa shape index (κ2) is 8.66. The molecule has 0 atom stereocenters. The van der Waals surface area contributed by atoms with E-state index < -0.39 is 16.8 Å². The van der Waals surface area contributed by atoms with Gasteiger partial charge in [-0.2, -0.15) is 0 Å². The highest BCUT2D eigenvalue weighted by atomic mass is 28.3. The van der Waals surface area contributed by atoms with Gasteiger partial charge in [0.2, 0.25) is 0 Å². The Hall–Kier alpha value is -0.616. The molecule has 3 rings (SSSR count). The number of rotatable bonds is 6. The van der Waals surface area contributed by atoms with Gasteiger partial charge in [0.05, 0.1) is 14.7 Å². The normalized spacial score (nSPS) is 28.9. The minimum atomic E-state index is -1.44. The van der Waals surface area contributed by atoms with Crippen molar-refractivity contribution in [1.82, 2.24) is 0 Å². The van der Waals surface area contributed by atoms with Crippen molar-refractivity contribution < 1.29 is 8.85 Å². The highest BCUT2D eigenvalue weighted by molar-refractivity contribution is 6.92. The molecule has 4 heteroatoms. The molecule has 2 saturated heterocycles. The van der Waals surface area contributed by atoms with Gasteiger partial charge in [0.15, 0.2) is 0 Å². The van der Waals surface area contributed by atoms with E-state index in [0.717, 1.165) is 36.8 Å². The molecule has 0 saturated carbocycles. The first-order valence-corrected chi connectivity index (χ1v) is 14.3. The highest BCUT2D eigenvalue weighted by Crippen LogP contribution is 2.42. The fourth-order valence-corrected chi connectivity index (χ4v) is 12.1. The SMILES string of the molecule is O=[Si]1CCC(C2CC[Si](CCCCF)(c3ccccc3)CC2)CC1. The van der Waals surface area contributed by atoms with Crippen LogP contribution in [0.5, 0.6) is 0 Å². The van der Waals surface area contributed by atoms with Gasteiger partial charge in [-0.25, -0.2) is 0 Å². The molecule has 24 heavy (non-hydrogen) atoms. The third kappa shape index (κ3) is 4.31. The predicted molar refractivity (Wildman–Crippen MR) is 103 cm³/mol. The van der Waals surface area contributed by atoms with Crippen LogP contribution < -0.4 is 5.19 Å². The van der Waals surface area contributed by atoms with Gasteiger partial charge >= 0.3 is 0 Å². The molecule has 2 heterocycles. The number of hydrogen-bond acceptors (Lipinski definition) is 1. The second-order valence-corrected chi connectivity index (χ2v) is 14.7. The Morgan fingerprint density at radius 2 is 1.58 bits per heavy atom. The van der Waals surface area contributed by atoms with Crippen LogP contribution in [0.15, 0.2) is 30.3 Å². The topological polar surface area (TPSA) is 17.1 Å². The lowest BCUT2D eigenvalue weighted by Crippen LogP contribution is -2.50. The van der Waals surface area contributed by atoms with Crippen molar-refractivity contribution in [1.29, 1.82) is 0 Å². The fraction of sp³-hybridized carbons (Fsp3) is 0.700. The zero-order valence-corrected chi connectivity index (χ0v) is 16.8. The van der Waals surface area contributed by atoms with E-state index in [0.29, 0.717) is 0 Å². The molecular formula is C20H31FOSi2. The Kier molecular flexibility index (Phi) is 6.56. The van der Waals surface area contributed by atoms with Gasteiger partial charge < -0.3 is 4.46 Å². The molecular weight excluding hydrogens is 331 g/mol. The smallest absolute Gasteiger partial charge is 0.276 e. The molecule has 0 bridgehead atoms. The van der Waals surface area contributed by atoms with Gasteiger partial charge in [0, 0.05) is 0 Å². The van der Waals surface area contributed by atoms with Gasteiger partial charge in [0.25, 0.3) is 8.68 Å². The molecule has 2 aliphatic heterocycles. The molecule has 0 N–H and O–H groups in total. The molecule has 0 aliphatic carbocycles. The minimum absolute atomic E-state index is 0.164. The van der Waals surface area contributed by atoms with Gasteiger partial charge in [-0.1, -0.05) is 72.9 Å². The number of hydrogen-bond donors (Lipinski definition) is 0.